The molecule has 3 rings (SSSR count). The fourth-order valence-electron chi connectivity index (χ4n) is 3.64. The maximum Gasteiger partial charge on any atom is 0.288 e. The molecule has 1 aliphatic carbocycles. The number of rotatable bonds is 7. The molecule has 0 aliphatic heterocycles. The Hall–Kier alpha value is -2.93. The van der Waals surface area contributed by atoms with Crippen molar-refractivity contribution in [2.45, 2.75) is 25.3 Å². The fraction of sp³-hybridized carbons (Fsp3) is 0.286. The number of nitrogens with one attached hydrogen (secondary N) is 1. The first kappa shape index (κ1) is 20.8. The quantitative estimate of drug-likeness (QED) is 0.365. The van der Waals surface area contributed by atoms with Gasteiger partial charge in [-0.1, -0.05) is 41.9 Å². The molecule has 0 bridgehead atoms. The number of aliphatic imine (C=N–C) groups is 1. The van der Waals surface area contributed by atoms with Crippen molar-refractivity contribution in [3.05, 3.63) is 70.0 Å². The lowest BCUT2D eigenvalue weighted by Crippen LogP contribution is -2.37. The Morgan fingerprint density at radius 3 is 2.69 bits per heavy atom. The van der Waals surface area contributed by atoms with Crippen molar-refractivity contribution in [2.75, 3.05) is 6.54 Å². The highest BCUT2D eigenvalue weighted by Gasteiger charge is 2.34. The van der Waals surface area contributed by atoms with E-state index in [9.17, 15) is 14.0 Å². The lowest BCUT2D eigenvalue weighted by molar-refractivity contribution is -0.138. The van der Waals surface area contributed by atoms with Crippen LogP contribution in [0.3, 0.4) is 0 Å². The Balaban J connectivity index is 1.70. The monoisotopic (exact) mass is 416 g/mol. The van der Waals surface area contributed by atoms with Gasteiger partial charge in [-0.05, 0) is 47.6 Å². The van der Waals surface area contributed by atoms with Crippen LogP contribution >= 0.6 is 11.6 Å². The first-order valence-corrected chi connectivity index (χ1v) is 9.63. The van der Waals surface area contributed by atoms with Crippen LogP contribution in [0.5, 0.6) is 0 Å². The standard InChI is InChI=1S/C21H22ClFN4O2/c22-16-6-5-12(9-17(16)23)10-18(28)20(29)27-19-14(7-8-26-21(24)25)11-13-3-1-2-4-15(13)19/h1-6,9,14,19H,7-8,10-11H2,(H,27,29)(H4,24,25,26)/t14-,19+/m0/s1. The average molecular weight is 417 g/mol. The molecular formula is C21H22ClFN4O2. The molecule has 0 unspecified atom stereocenters. The number of fused-ring (bicyclic) bond motifs is 1. The van der Waals surface area contributed by atoms with Gasteiger partial charge in [-0.15, -0.1) is 0 Å². The van der Waals surface area contributed by atoms with Crippen LogP contribution in [0, 0.1) is 11.7 Å². The SMILES string of the molecule is NC(N)=NCC[C@H]1Cc2ccccc2[C@@H]1NC(=O)C(=O)Cc1ccc(Cl)c(F)c1. The molecule has 2 aromatic rings. The van der Waals surface area contributed by atoms with E-state index < -0.39 is 17.5 Å². The minimum atomic E-state index is -0.700. The van der Waals surface area contributed by atoms with Crippen LogP contribution in [0.2, 0.25) is 5.02 Å². The van der Waals surface area contributed by atoms with Crippen LogP contribution in [-0.4, -0.2) is 24.2 Å². The molecule has 0 fully saturated rings. The third-order valence-corrected chi connectivity index (χ3v) is 5.33. The molecule has 6 nitrogen and oxygen atoms in total. The molecule has 0 radical (unpaired) electrons. The zero-order chi connectivity index (χ0) is 21.0. The predicted octanol–water partition coefficient (Wildman–Crippen LogP) is 2.28. The van der Waals surface area contributed by atoms with Gasteiger partial charge < -0.3 is 16.8 Å². The van der Waals surface area contributed by atoms with Gasteiger partial charge in [0.1, 0.15) is 5.82 Å². The van der Waals surface area contributed by atoms with E-state index in [1.54, 1.807) is 0 Å². The molecule has 0 heterocycles. The minimum absolute atomic E-state index is 0.0199. The van der Waals surface area contributed by atoms with Crippen LogP contribution in [0.15, 0.2) is 47.5 Å². The van der Waals surface area contributed by atoms with Gasteiger partial charge in [-0.3, -0.25) is 14.6 Å². The third kappa shape index (κ3) is 5.12. The molecular weight excluding hydrogens is 395 g/mol. The number of nitrogens with two attached hydrogens (primary N) is 2. The number of ketones is 1. The van der Waals surface area contributed by atoms with E-state index in [1.807, 2.05) is 24.3 Å². The van der Waals surface area contributed by atoms with Gasteiger partial charge >= 0.3 is 0 Å². The summed E-state index contributed by atoms with van der Waals surface area (Å²) >= 11 is 5.65. The Bertz CT molecular complexity index is 959. The summed E-state index contributed by atoms with van der Waals surface area (Å²) in [4.78, 5) is 29.0. The van der Waals surface area contributed by atoms with Crippen LogP contribution in [0.1, 0.15) is 29.2 Å². The lowest BCUT2D eigenvalue weighted by atomic mass is 9.96. The molecule has 2 aromatic carbocycles. The summed E-state index contributed by atoms with van der Waals surface area (Å²) in [5.41, 5.74) is 13.3. The highest BCUT2D eigenvalue weighted by molar-refractivity contribution is 6.36. The number of amides is 1. The molecule has 0 aromatic heterocycles. The molecule has 2 atom stereocenters. The third-order valence-electron chi connectivity index (χ3n) is 5.03. The topological polar surface area (TPSA) is 111 Å². The number of nitrogens with zero attached hydrogens (tertiary/aromatic N) is 1. The highest BCUT2D eigenvalue weighted by atomic mass is 35.5. The molecule has 8 heteroatoms. The number of carbonyl (C=O) groups excluding carboxylic acids is 2. The molecule has 152 valence electrons. The molecule has 29 heavy (non-hydrogen) atoms. The van der Waals surface area contributed by atoms with Gasteiger partial charge in [0.15, 0.2) is 5.96 Å². The number of Topliss-reactive ketones (excluding diaryl/α,β-unsaturated/α-hetero) is 1. The largest absolute Gasteiger partial charge is 0.370 e. The molecule has 0 spiro atoms. The van der Waals surface area contributed by atoms with E-state index in [4.69, 9.17) is 23.1 Å². The van der Waals surface area contributed by atoms with Crippen molar-refractivity contribution in [3.63, 3.8) is 0 Å². The summed E-state index contributed by atoms with van der Waals surface area (Å²) < 4.78 is 13.6. The second-order valence-corrected chi connectivity index (χ2v) is 7.47. The Morgan fingerprint density at radius 2 is 1.97 bits per heavy atom. The molecule has 0 saturated carbocycles. The summed E-state index contributed by atoms with van der Waals surface area (Å²) in [6.07, 6.45) is 1.22. The maximum atomic E-state index is 13.6. The van der Waals surface area contributed by atoms with Gasteiger partial charge in [-0.2, -0.15) is 0 Å². The fourth-order valence-corrected chi connectivity index (χ4v) is 3.76. The summed E-state index contributed by atoms with van der Waals surface area (Å²) in [6, 6.07) is 11.5. The number of benzene rings is 2. The first-order valence-electron chi connectivity index (χ1n) is 9.26. The lowest BCUT2D eigenvalue weighted by Gasteiger charge is -2.21. The van der Waals surface area contributed by atoms with E-state index in [1.165, 1.54) is 12.1 Å². The van der Waals surface area contributed by atoms with Crippen LogP contribution in [-0.2, 0) is 22.4 Å². The number of guanidine groups is 1. The normalized spacial score (nSPS) is 17.4. The Labute approximate surface area is 173 Å². The van der Waals surface area contributed by atoms with Crippen molar-refractivity contribution in [1.29, 1.82) is 0 Å². The van der Waals surface area contributed by atoms with Crippen molar-refractivity contribution in [1.82, 2.24) is 5.32 Å². The van der Waals surface area contributed by atoms with E-state index in [0.717, 1.165) is 23.6 Å². The van der Waals surface area contributed by atoms with Crippen molar-refractivity contribution in [3.8, 4) is 0 Å². The molecule has 5 N–H and O–H groups in total. The number of halogens is 2. The predicted molar refractivity (Wildman–Crippen MR) is 110 cm³/mol. The minimum Gasteiger partial charge on any atom is -0.370 e. The second-order valence-electron chi connectivity index (χ2n) is 7.06. The van der Waals surface area contributed by atoms with Gasteiger partial charge in [0.25, 0.3) is 5.91 Å². The van der Waals surface area contributed by atoms with E-state index >= 15 is 0 Å². The van der Waals surface area contributed by atoms with E-state index in [0.29, 0.717) is 18.5 Å². The number of carbonyl (C=O) groups is 2. The second kappa shape index (κ2) is 9.05. The number of hydrogen-bond donors (Lipinski definition) is 3. The smallest absolute Gasteiger partial charge is 0.288 e. The molecule has 0 saturated heterocycles. The first-order chi connectivity index (χ1) is 13.8. The Kier molecular flexibility index (Phi) is 6.49. The van der Waals surface area contributed by atoms with Gasteiger partial charge in [-0.25, -0.2) is 4.39 Å². The van der Waals surface area contributed by atoms with Crippen molar-refractivity contribution in [2.24, 2.45) is 22.4 Å². The van der Waals surface area contributed by atoms with E-state index in [2.05, 4.69) is 10.3 Å². The van der Waals surface area contributed by atoms with Crippen molar-refractivity contribution >= 4 is 29.3 Å². The zero-order valence-electron chi connectivity index (χ0n) is 15.7. The maximum absolute atomic E-state index is 13.6. The van der Waals surface area contributed by atoms with Gasteiger partial charge in [0.05, 0.1) is 11.1 Å². The van der Waals surface area contributed by atoms with Crippen molar-refractivity contribution < 1.29 is 14.0 Å². The van der Waals surface area contributed by atoms with E-state index in [-0.39, 0.29) is 29.4 Å². The van der Waals surface area contributed by atoms with Gasteiger partial charge in [0.2, 0.25) is 5.78 Å². The highest BCUT2D eigenvalue weighted by Crippen LogP contribution is 2.37. The summed E-state index contributed by atoms with van der Waals surface area (Å²) in [6.45, 7) is 0.436. The Morgan fingerprint density at radius 1 is 1.21 bits per heavy atom. The molecule has 1 amide bonds. The van der Waals surface area contributed by atoms with Gasteiger partial charge in [0, 0.05) is 13.0 Å². The van der Waals surface area contributed by atoms with Crippen LogP contribution < -0.4 is 16.8 Å². The average Bonchev–Trinajstić information content (AvgIpc) is 3.02. The van der Waals surface area contributed by atoms with Crippen LogP contribution in [0.4, 0.5) is 4.39 Å². The summed E-state index contributed by atoms with van der Waals surface area (Å²) in [5, 5.41) is 2.82. The summed E-state index contributed by atoms with van der Waals surface area (Å²) in [5.74, 6) is -1.87. The zero-order valence-corrected chi connectivity index (χ0v) is 16.5. The summed E-state index contributed by atoms with van der Waals surface area (Å²) in [7, 11) is 0. The molecule has 1 aliphatic rings. The number of hydrogen-bond acceptors (Lipinski definition) is 3. The van der Waals surface area contributed by atoms with Crippen LogP contribution in [0.25, 0.3) is 0 Å².